The second-order valence-corrected chi connectivity index (χ2v) is 7.70. The lowest BCUT2D eigenvalue weighted by atomic mass is 10.2. The Morgan fingerprint density at radius 2 is 2.00 bits per heavy atom. The number of sulfonamides is 1. The SMILES string of the molecule is Cc1ccc(NC(=O)C2CCCN2)cc1S(=O)(=O)NC1CC1.Cl. The summed E-state index contributed by atoms with van der Waals surface area (Å²) < 4.78 is 27.4. The number of rotatable bonds is 5. The van der Waals surface area contributed by atoms with Gasteiger partial charge in [-0.1, -0.05) is 6.07 Å². The van der Waals surface area contributed by atoms with E-state index in [1.807, 2.05) is 0 Å². The Morgan fingerprint density at radius 3 is 2.61 bits per heavy atom. The van der Waals surface area contributed by atoms with Crippen LogP contribution in [0.15, 0.2) is 23.1 Å². The molecular formula is C15H22ClN3O3S. The molecule has 1 saturated carbocycles. The Balaban J connectivity index is 0.00000192. The number of carbonyl (C=O) groups is 1. The van der Waals surface area contributed by atoms with Gasteiger partial charge in [0.1, 0.15) is 0 Å². The highest BCUT2D eigenvalue weighted by molar-refractivity contribution is 7.89. The summed E-state index contributed by atoms with van der Waals surface area (Å²) in [7, 11) is -3.52. The first-order chi connectivity index (χ1) is 10.5. The summed E-state index contributed by atoms with van der Waals surface area (Å²) in [6.07, 6.45) is 3.58. The van der Waals surface area contributed by atoms with Gasteiger partial charge in [-0.3, -0.25) is 4.79 Å². The largest absolute Gasteiger partial charge is 0.325 e. The molecule has 0 bridgehead atoms. The quantitative estimate of drug-likeness (QED) is 0.744. The minimum atomic E-state index is -3.52. The van der Waals surface area contributed by atoms with Gasteiger partial charge in [-0.15, -0.1) is 12.4 Å². The molecule has 1 aromatic rings. The number of benzene rings is 1. The van der Waals surface area contributed by atoms with Gasteiger partial charge in [-0.05, 0) is 56.8 Å². The first kappa shape index (κ1) is 18.2. The van der Waals surface area contributed by atoms with Crippen LogP contribution in [0.25, 0.3) is 0 Å². The number of hydrogen-bond donors (Lipinski definition) is 3. The number of anilines is 1. The third-order valence-corrected chi connectivity index (χ3v) is 5.68. The minimum Gasteiger partial charge on any atom is -0.325 e. The highest BCUT2D eigenvalue weighted by atomic mass is 35.5. The predicted octanol–water partition coefficient (Wildman–Crippen LogP) is 1.55. The number of carbonyl (C=O) groups excluding carboxylic acids is 1. The van der Waals surface area contributed by atoms with Crippen molar-refractivity contribution in [1.29, 1.82) is 0 Å². The number of aryl methyl sites for hydroxylation is 1. The van der Waals surface area contributed by atoms with E-state index >= 15 is 0 Å². The average molecular weight is 360 g/mol. The van der Waals surface area contributed by atoms with E-state index in [4.69, 9.17) is 0 Å². The fourth-order valence-corrected chi connectivity index (χ4v) is 4.16. The van der Waals surface area contributed by atoms with Crippen LogP contribution >= 0.6 is 12.4 Å². The normalized spacial score (nSPS) is 20.8. The molecule has 1 amide bonds. The summed E-state index contributed by atoms with van der Waals surface area (Å²) in [6.45, 7) is 2.60. The van der Waals surface area contributed by atoms with Gasteiger partial charge in [0, 0.05) is 11.7 Å². The smallest absolute Gasteiger partial charge is 0.241 e. The fourth-order valence-electron chi connectivity index (χ4n) is 2.59. The highest BCUT2D eigenvalue weighted by Crippen LogP contribution is 2.25. The van der Waals surface area contributed by atoms with Crippen LogP contribution in [-0.2, 0) is 14.8 Å². The minimum absolute atomic E-state index is 0. The maximum atomic E-state index is 12.4. The summed E-state index contributed by atoms with van der Waals surface area (Å²) in [4.78, 5) is 12.3. The van der Waals surface area contributed by atoms with E-state index in [9.17, 15) is 13.2 Å². The topological polar surface area (TPSA) is 87.3 Å². The standard InChI is InChI=1S/C15H21N3O3S.ClH/c1-10-4-5-12(17-15(19)13-3-2-8-16-13)9-14(10)22(20,21)18-11-6-7-11;/h4-5,9,11,13,16,18H,2-3,6-8H2,1H3,(H,17,19);1H. The van der Waals surface area contributed by atoms with Crippen LogP contribution in [0.1, 0.15) is 31.2 Å². The molecule has 8 heteroatoms. The van der Waals surface area contributed by atoms with Crippen LogP contribution in [0, 0.1) is 6.92 Å². The molecule has 2 aliphatic rings. The number of hydrogen-bond acceptors (Lipinski definition) is 4. The van der Waals surface area contributed by atoms with Gasteiger partial charge in [-0.25, -0.2) is 13.1 Å². The lowest BCUT2D eigenvalue weighted by Gasteiger charge is -2.14. The van der Waals surface area contributed by atoms with Crippen molar-refractivity contribution in [3.05, 3.63) is 23.8 Å². The van der Waals surface area contributed by atoms with E-state index in [1.165, 1.54) is 6.07 Å². The molecule has 3 N–H and O–H groups in total. The van der Waals surface area contributed by atoms with Crippen LogP contribution in [0.3, 0.4) is 0 Å². The van der Waals surface area contributed by atoms with E-state index in [1.54, 1.807) is 19.1 Å². The van der Waals surface area contributed by atoms with Gasteiger partial charge in [-0.2, -0.15) is 0 Å². The van der Waals surface area contributed by atoms with Crippen molar-refractivity contribution in [3.8, 4) is 0 Å². The molecule has 1 unspecified atom stereocenters. The molecule has 2 fully saturated rings. The summed E-state index contributed by atoms with van der Waals surface area (Å²) >= 11 is 0. The Bertz CT molecular complexity index is 683. The van der Waals surface area contributed by atoms with Crippen molar-refractivity contribution in [2.75, 3.05) is 11.9 Å². The maximum absolute atomic E-state index is 12.4. The summed E-state index contributed by atoms with van der Waals surface area (Å²) in [5.41, 5.74) is 1.19. The van der Waals surface area contributed by atoms with Crippen molar-refractivity contribution in [2.24, 2.45) is 0 Å². The van der Waals surface area contributed by atoms with Crippen molar-refractivity contribution >= 4 is 34.0 Å². The van der Waals surface area contributed by atoms with Crippen molar-refractivity contribution < 1.29 is 13.2 Å². The zero-order valence-corrected chi connectivity index (χ0v) is 14.6. The van der Waals surface area contributed by atoms with Gasteiger partial charge in [0.05, 0.1) is 10.9 Å². The zero-order chi connectivity index (χ0) is 15.7. The van der Waals surface area contributed by atoms with Crippen LogP contribution in [0.5, 0.6) is 0 Å². The molecule has 128 valence electrons. The van der Waals surface area contributed by atoms with E-state index in [-0.39, 0.29) is 35.3 Å². The summed E-state index contributed by atoms with van der Waals surface area (Å²) in [5, 5.41) is 5.92. The van der Waals surface area contributed by atoms with E-state index < -0.39 is 10.0 Å². The zero-order valence-electron chi connectivity index (χ0n) is 13.0. The first-order valence-corrected chi connectivity index (χ1v) is 9.11. The molecule has 1 aliphatic carbocycles. The molecule has 1 atom stereocenters. The van der Waals surface area contributed by atoms with Gasteiger partial charge in [0.2, 0.25) is 15.9 Å². The van der Waals surface area contributed by atoms with Gasteiger partial charge >= 0.3 is 0 Å². The Hall–Kier alpha value is -1.15. The van der Waals surface area contributed by atoms with Crippen molar-refractivity contribution in [2.45, 2.75) is 49.6 Å². The van der Waals surface area contributed by atoms with E-state index in [2.05, 4.69) is 15.4 Å². The molecule has 1 aromatic carbocycles. The predicted molar refractivity (Wildman–Crippen MR) is 91.4 cm³/mol. The third kappa shape index (κ3) is 4.44. The van der Waals surface area contributed by atoms with Crippen LogP contribution in [0.4, 0.5) is 5.69 Å². The molecule has 23 heavy (non-hydrogen) atoms. The lowest BCUT2D eigenvalue weighted by Crippen LogP contribution is -2.35. The average Bonchev–Trinajstić information content (AvgIpc) is 3.09. The monoisotopic (exact) mass is 359 g/mol. The molecule has 1 heterocycles. The fraction of sp³-hybridized carbons (Fsp3) is 0.533. The van der Waals surface area contributed by atoms with Crippen LogP contribution in [-0.4, -0.2) is 33.0 Å². The number of halogens is 1. The number of amides is 1. The highest BCUT2D eigenvalue weighted by Gasteiger charge is 2.29. The van der Waals surface area contributed by atoms with Crippen LogP contribution < -0.4 is 15.4 Å². The van der Waals surface area contributed by atoms with E-state index in [0.717, 1.165) is 32.2 Å². The molecule has 0 aromatic heterocycles. The molecule has 1 aliphatic heterocycles. The van der Waals surface area contributed by atoms with Crippen molar-refractivity contribution in [3.63, 3.8) is 0 Å². The number of nitrogens with one attached hydrogen (secondary N) is 3. The van der Waals surface area contributed by atoms with Crippen molar-refractivity contribution in [1.82, 2.24) is 10.0 Å². The molecule has 1 saturated heterocycles. The molecule has 0 spiro atoms. The second-order valence-electron chi connectivity index (χ2n) is 6.01. The van der Waals surface area contributed by atoms with Gasteiger partial charge < -0.3 is 10.6 Å². The maximum Gasteiger partial charge on any atom is 0.241 e. The molecule has 3 rings (SSSR count). The van der Waals surface area contributed by atoms with Crippen LogP contribution in [0.2, 0.25) is 0 Å². The Kier molecular flexibility index (Phi) is 5.67. The van der Waals surface area contributed by atoms with Gasteiger partial charge in [0.25, 0.3) is 0 Å². The third-order valence-electron chi connectivity index (χ3n) is 4.02. The van der Waals surface area contributed by atoms with Gasteiger partial charge in [0.15, 0.2) is 0 Å². The summed E-state index contributed by atoms with van der Waals surface area (Å²) in [5.74, 6) is -0.111. The second kappa shape index (κ2) is 7.17. The van der Waals surface area contributed by atoms with E-state index in [0.29, 0.717) is 11.3 Å². The summed E-state index contributed by atoms with van der Waals surface area (Å²) in [6, 6.07) is 4.86. The molecular weight excluding hydrogens is 338 g/mol. The lowest BCUT2D eigenvalue weighted by molar-refractivity contribution is -0.117. The molecule has 0 radical (unpaired) electrons. The Morgan fingerprint density at radius 1 is 1.26 bits per heavy atom. The Labute approximate surface area is 142 Å². The molecule has 6 nitrogen and oxygen atoms in total. The first-order valence-electron chi connectivity index (χ1n) is 7.63.